The lowest BCUT2D eigenvalue weighted by Gasteiger charge is -2.22. The summed E-state index contributed by atoms with van der Waals surface area (Å²) in [6, 6.07) is 0. The van der Waals surface area contributed by atoms with Gasteiger partial charge in [-0.05, 0) is 18.8 Å². The molecule has 1 unspecified atom stereocenters. The molecule has 1 N–H and O–H groups in total. The fraction of sp³-hybridized carbons (Fsp3) is 0.667. The lowest BCUT2D eigenvalue weighted by atomic mass is 9.90. The van der Waals surface area contributed by atoms with Crippen molar-refractivity contribution in [3.63, 3.8) is 0 Å². The van der Waals surface area contributed by atoms with Crippen molar-refractivity contribution in [1.29, 1.82) is 0 Å². The summed E-state index contributed by atoms with van der Waals surface area (Å²) in [5.41, 5.74) is 0.852. The topological polar surface area (TPSA) is 55.1 Å². The molecule has 1 heterocycles. The molecular formula is C12H19BrN2O2. The number of amides is 1. The number of hydrogen-bond donors (Lipinski definition) is 1. The molecule has 1 aromatic rings. The third-order valence-electron chi connectivity index (χ3n) is 2.27. The molecule has 17 heavy (non-hydrogen) atoms. The highest BCUT2D eigenvalue weighted by Gasteiger charge is 2.19. The third-order valence-corrected chi connectivity index (χ3v) is 2.92. The Morgan fingerprint density at radius 1 is 1.59 bits per heavy atom. The summed E-state index contributed by atoms with van der Waals surface area (Å²) in [6.07, 6.45) is 2.27. The van der Waals surface area contributed by atoms with Gasteiger partial charge < -0.3 is 9.73 Å². The molecule has 1 aromatic heterocycles. The van der Waals surface area contributed by atoms with E-state index >= 15 is 0 Å². The zero-order valence-electron chi connectivity index (χ0n) is 10.7. The van der Waals surface area contributed by atoms with Crippen molar-refractivity contribution in [1.82, 2.24) is 10.3 Å². The van der Waals surface area contributed by atoms with Gasteiger partial charge in [-0.1, -0.05) is 36.7 Å². The zero-order chi connectivity index (χ0) is 13.1. The molecular weight excluding hydrogens is 284 g/mol. The van der Waals surface area contributed by atoms with E-state index in [1.807, 2.05) is 0 Å². The first kappa shape index (κ1) is 14.2. The Bertz CT molecular complexity index is 382. The third kappa shape index (κ3) is 4.89. The monoisotopic (exact) mass is 302 g/mol. The van der Waals surface area contributed by atoms with Gasteiger partial charge in [-0.15, -0.1) is 0 Å². The number of aryl methyl sites for hydroxylation is 1. The Hall–Kier alpha value is -0.840. The van der Waals surface area contributed by atoms with Crippen molar-refractivity contribution in [3.8, 4) is 0 Å². The molecule has 0 fully saturated rings. The van der Waals surface area contributed by atoms with Gasteiger partial charge in [-0.2, -0.15) is 0 Å². The Kier molecular flexibility index (Phi) is 4.74. The fourth-order valence-electron chi connectivity index (χ4n) is 1.54. The highest BCUT2D eigenvalue weighted by Crippen LogP contribution is 2.24. The predicted octanol–water partition coefficient (Wildman–Crippen LogP) is 2.91. The van der Waals surface area contributed by atoms with Crippen molar-refractivity contribution in [2.75, 3.05) is 6.54 Å². The predicted molar refractivity (Wildman–Crippen MR) is 70.4 cm³/mol. The van der Waals surface area contributed by atoms with E-state index in [4.69, 9.17) is 4.42 Å². The van der Waals surface area contributed by atoms with Crippen LogP contribution in [0.4, 0.5) is 0 Å². The van der Waals surface area contributed by atoms with Crippen LogP contribution in [0, 0.1) is 12.3 Å². The van der Waals surface area contributed by atoms with Crippen molar-refractivity contribution >= 4 is 21.8 Å². The number of nitrogens with one attached hydrogen (secondary N) is 1. The summed E-state index contributed by atoms with van der Waals surface area (Å²) >= 11 is 3.56. The van der Waals surface area contributed by atoms with Crippen molar-refractivity contribution < 1.29 is 9.21 Å². The Morgan fingerprint density at radius 3 is 2.71 bits per heavy atom. The van der Waals surface area contributed by atoms with E-state index < -0.39 is 0 Å². The van der Waals surface area contributed by atoms with Gasteiger partial charge in [-0.25, -0.2) is 4.98 Å². The minimum Gasteiger partial charge on any atom is -0.438 e. The molecule has 0 aromatic carbocycles. The highest BCUT2D eigenvalue weighted by molar-refractivity contribution is 9.09. The highest BCUT2D eigenvalue weighted by atomic mass is 79.9. The second-order valence-corrected chi connectivity index (χ2v) is 6.63. The summed E-state index contributed by atoms with van der Waals surface area (Å²) in [5.74, 6) is 0.0822. The van der Waals surface area contributed by atoms with E-state index in [2.05, 4.69) is 47.0 Å². The number of nitrogens with zero attached hydrogens (tertiary/aromatic N) is 1. The molecule has 96 valence electrons. The summed E-state index contributed by atoms with van der Waals surface area (Å²) in [6.45, 7) is 8.84. The van der Waals surface area contributed by atoms with Crippen LogP contribution in [0.5, 0.6) is 0 Å². The fourth-order valence-corrected chi connectivity index (χ4v) is 2.67. The van der Waals surface area contributed by atoms with Crippen molar-refractivity contribution in [2.24, 2.45) is 5.41 Å². The second-order valence-electron chi connectivity index (χ2n) is 5.34. The van der Waals surface area contributed by atoms with Crippen LogP contribution in [0.3, 0.4) is 0 Å². The molecule has 0 bridgehead atoms. The summed E-state index contributed by atoms with van der Waals surface area (Å²) in [5, 5.41) is 2.83. The smallest absolute Gasteiger partial charge is 0.289 e. The van der Waals surface area contributed by atoms with Gasteiger partial charge in [0.1, 0.15) is 0 Å². The lowest BCUT2D eigenvalue weighted by molar-refractivity contribution is 0.0924. The molecule has 0 aliphatic heterocycles. The van der Waals surface area contributed by atoms with Crippen LogP contribution in [-0.4, -0.2) is 22.3 Å². The van der Waals surface area contributed by atoms with Crippen LogP contribution in [0.1, 0.15) is 43.4 Å². The molecule has 0 spiro atoms. The molecule has 0 saturated heterocycles. The van der Waals surface area contributed by atoms with Crippen molar-refractivity contribution in [3.05, 3.63) is 17.8 Å². The van der Waals surface area contributed by atoms with Gasteiger partial charge >= 0.3 is 0 Å². The SMILES string of the molecule is Cc1ncoc1C(=O)NCC(Br)CC(C)(C)C. The van der Waals surface area contributed by atoms with Gasteiger partial charge in [0.25, 0.3) is 5.91 Å². The van der Waals surface area contributed by atoms with Crippen LogP contribution in [0.25, 0.3) is 0 Å². The van der Waals surface area contributed by atoms with Crippen LogP contribution in [0.2, 0.25) is 0 Å². The summed E-state index contributed by atoms with van der Waals surface area (Å²) < 4.78 is 5.02. The number of carbonyl (C=O) groups is 1. The maximum absolute atomic E-state index is 11.7. The molecule has 1 amide bonds. The van der Waals surface area contributed by atoms with Gasteiger partial charge in [-0.3, -0.25) is 4.79 Å². The number of aromatic nitrogens is 1. The first-order chi connectivity index (χ1) is 7.79. The normalized spacial score (nSPS) is 13.5. The summed E-state index contributed by atoms with van der Waals surface area (Å²) in [4.78, 5) is 15.9. The first-order valence-electron chi connectivity index (χ1n) is 5.62. The molecule has 4 nitrogen and oxygen atoms in total. The van der Waals surface area contributed by atoms with Crippen LogP contribution in [-0.2, 0) is 0 Å². The Balaban J connectivity index is 2.42. The van der Waals surface area contributed by atoms with Crippen molar-refractivity contribution in [2.45, 2.75) is 38.9 Å². The maximum atomic E-state index is 11.7. The number of rotatable bonds is 4. The van der Waals surface area contributed by atoms with Gasteiger partial charge in [0, 0.05) is 11.4 Å². The minimum atomic E-state index is -0.210. The number of halogens is 1. The quantitative estimate of drug-likeness (QED) is 0.870. The number of carbonyl (C=O) groups excluding carboxylic acids is 1. The zero-order valence-corrected chi connectivity index (χ0v) is 12.3. The van der Waals surface area contributed by atoms with E-state index in [1.165, 1.54) is 6.39 Å². The minimum absolute atomic E-state index is 0.210. The van der Waals surface area contributed by atoms with E-state index in [0.717, 1.165) is 6.42 Å². The first-order valence-corrected chi connectivity index (χ1v) is 6.53. The molecule has 0 saturated carbocycles. The average Bonchev–Trinajstić information content (AvgIpc) is 2.58. The van der Waals surface area contributed by atoms with E-state index in [0.29, 0.717) is 18.0 Å². The van der Waals surface area contributed by atoms with Gasteiger partial charge in [0.15, 0.2) is 6.39 Å². The molecule has 0 aliphatic carbocycles. The van der Waals surface area contributed by atoms with E-state index in [1.54, 1.807) is 6.92 Å². The van der Waals surface area contributed by atoms with Gasteiger partial charge in [0.05, 0.1) is 5.69 Å². The maximum Gasteiger partial charge on any atom is 0.289 e. The van der Waals surface area contributed by atoms with E-state index in [9.17, 15) is 4.79 Å². The number of hydrogen-bond acceptors (Lipinski definition) is 3. The van der Waals surface area contributed by atoms with Crippen LogP contribution in [0.15, 0.2) is 10.8 Å². The number of alkyl halides is 1. The van der Waals surface area contributed by atoms with Gasteiger partial charge in [0.2, 0.25) is 5.76 Å². The summed E-state index contributed by atoms with van der Waals surface area (Å²) in [7, 11) is 0. The second kappa shape index (κ2) is 5.67. The number of oxazole rings is 1. The Labute approximate surface area is 110 Å². The molecule has 5 heteroatoms. The van der Waals surface area contributed by atoms with Crippen LogP contribution >= 0.6 is 15.9 Å². The molecule has 0 aliphatic rings. The molecule has 0 radical (unpaired) electrons. The standard InChI is InChI=1S/C12H19BrN2O2/c1-8-10(17-7-15-8)11(16)14-6-9(13)5-12(2,3)4/h7,9H,5-6H2,1-4H3,(H,14,16). The van der Waals surface area contributed by atoms with E-state index in [-0.39, 0.29) is 16.1 Å². The molecule has 1 rings (SSSR count). The largest absolute Gasteiger partial charge is 0.438 e. The lowest BCUT2D eigenvalue weighted by Crippen LogP contribution is -2.31. The molecule has 1 atom stereocenters. The van der Waals surface area contributed by atoms with Crippen LogP contribution < -0.4 is 5.32 Å². The average molecular weight is 303 g/mol. The Morgan fingerprint density at radius 2 is 2.24 bits per heavy atom.